The molecule has 1 aromatic carbocycles. The molecule has 0 saturated carbocycles. The minimum absolute atomic E-state index is 0.215. The number of furan rings is 1. The van der Waals surface area contributed by atoms with Crippen LogP contribution in [0.25, 0.3) is 11.6 Å². The summed E-state index contributed by atoms with van der Waals surface area (Å²) in [6, 6.07) is 11.1. The number of hydrogen-bond donors (Lipinski definition) is 1. The van der Waals surface area contributed by atoms with Crippen LogP contribution in [0.1, 0.15) is 5.89 Å². The van der Waals surface area contributed by atoms with E-state index < -0.39 is 0 Å². The van der Waals surface area contributed by atoms with Crippen LogP contribution in [0, 0.1) is 0 Å². The molecule has 0 radical (unpaired) electrons. The minimum Gasteiger partial charge on any atom is -0.484 e. The minimum atomic E-state index is 0.215. The van der Waals surface area contributed by atoms with E-state index in [0.29, 0.717) is 17.5 Å². The molecule has 2 aromatic heterocycles. The monoisotopic (exact) mass is 271 g/mol. The zero-order chi connectivity index (χ0) is 13.8. The van der Waals surface area contributed by atoms with Gasteiger partial charge in [-0.1, -0.05) is 5.16 Å². The van der Waals surface area contributed by atoms with Crippen LogP contribution in [0.15, 0.2) is 51.6 Å². The average molecular weight is 271 g/mol. The molecule has 0 aliphatic heterocycles. The van der Waals surface area contributed by atoms with Gasteiger partial charge < -0.3 is 19.0 Å². The third-order valence-corrected chi connectivity index (χ3v) is 2.71. The van der Waals surface area contributed by atoms with Crippen LogP contribution in [-0.4, -0.2) is 17.2 Å². The van der Waals surface area contributed by atoms with Gasteiger partial charge in [-0.05, 0) is 36.4 Å². The number of aromatic nitrogens is 2. The van der Waals surface area contributed by atoms with Crippen molar-refractivity contribution in [1.29, 1.82) is 0 Å². The number of nitrogens with zero attached hydrogens (tertiary/aromatic N) is 2. The van der Waals surface area contributed by atoms with Crippen molar-refractivity contribution in [2.24, 2.45) is 0 Å². The van der Waals surface area contributed by atoms with Crippen LogP contribution in [0.2, 0.25) is 0 Å². The van der Waals surface area contributed by atoms with Gasteiger partial charge in [0.15, 0.2) is 12.4 Å². The Labute approximate surface area is 115 Å². The molecule has 3 rings (SSSR count). The summed E-state index contributed by atoms with van der Waals surface area (Å²) in [7, 11) is 1.87. The van der Waals surface area contributed by atoms with E-state index in [4.69, 9.17) is 13.7 Å². The normalized spacial score (nSPS) is 10.4. The molecule has 20 heavy (non-hydrogen) atoms. The van der Waals surface area contributed by atoms with Crippen LogP contribution < -0.4 is 10.1 Å². The number of rotatable bonds is 5. The first-order valence-corrected chi connectivity index (χ1v) is 6.12. The summed E-state index contributed by atoms with van der Waals surface area (Å²) in [6.07, 6.45) is 1.56. The molecule has 102 valence electrons. The van der Waals surface area contributed by atoms with Crippen molar-refractivity contribution in [3.05, 3.63) is 48.6 Å². The third kappa shape index (κ3) is 2.64. The van der Waals surface area contributed by atoms with Crippen LogP contribution in [-0.2, 0) is 6.61 Å². The van der Waals surface area contributed by atoms with E-state index in [9.17, 15) is 0 Å². The van der Waals surface area contributed by atoms with Crippen molar-refractivity contribution < 1.29 is 13.7 Å². The van der Waals surface area contributed by atoms with Gasteiger partial charge in [0.2, 0.25) is 5.82 Å². The highest BCUT2D eigenvalue weighted by atomic mass is 16.5. The highest BCUT2D eigenvalue weighted by molar-refractivity contribution is 5.46. The van der Waals surface area contributed by atoms with Gasteiger partial charge >= 0.3 is 0 Å². The van der Waals surface area contributed by atoms with Crippen molar-refractivity contribution in [2.45, 2.75) is 6.61 Å². The molecule has 0 atom stereocenters. The van der Waals surface area contributed by atoms with Crippen molar-refractivity contribution in [3.8, 4) is 17.3 Å². The van der Waals surface area contributed by atoms with E-state index in [-0.39, 0.29) is 6.61 Å². The maximum atomic E-state index is 5.57. The standard InChI is InChI=1S/C14H13N3O3/c1-15-10-4-6-11(7-5-10)19-9-13-16-14(17-20-13)12-3-2-8-18-12/h2-8,15H,9H2,1H3. The van der Waals surface area contributed by atoms with Crippen molar-refractivity contribution in [3.63, 3.8) is 0 Å². The smallest absolute Gasteiger partial charge is 0.264 e. The SMILES string of the molecule is CNc1ccc(OCc2nc(-c3ccco3)no2)cc1. The number of nitrogens with one attached hydrogen (secondary N) is 1. The first kappa shape index (κ1) is 12.3. The Morgan fingerprint density at radius 3 is 2.75 bits per heavy atom. The Balaban J connectivity index is 1.63. The summed E-state index contributed by atoms with van der Waals surface area (Å²) in [5, 5.41) is 6.87. The fourth-order valence-corrected chi connectivity index (χ4v) is 1.68. The number of hydrogen-bond acceptors (Lipinski definition) is 6. The summed E-state index contributed by atoms with van der Waals surface area (Å²) in [6.45, 7) is 0.215. The van der Waals surface area contributed by atoms with Gasteiger partial charge in [-0.2, -0.15) is 4.98 Å². The van der Waals surface area contributed by atoms with E-state index in [1.807, 2.05) is 31.3 Å². The first-order chi connectivity index (χ1) is 9.85. The van der Waals surface area contributed by atoms with E-state index in [1.54, 1.807) is 18.4 Å². The second-order valence-electron chi connectivity index (χ2n) is 4.05. The van der Waals surface area contributed by atoms with Gasteiger partial charge in [0.1, 0.15) is 5.75 Å². The Bertz CT molecular complexity index is 659. The summed E-state index contributed by atoms with van der Waals surface area (Å²) < 4.78 is 15.9. The lowest BCUT2D eigenvalue weighted by molar-refractivity contribution is 0.243. The molecule has 6 heteroatoms. The van der Waals surface area contributed by atoms with Gasteiger partial charge in [0.05, 0.1) is 6.26 Å². The lowest BCUT2D eigenvalue weighted by Gasteiger charge is -2.04. The number of ether oxygens (including phenoxy) is 1. The summed E-state index contributed by atoms with van der Waals surface area (Å²) in [5.41, 5.74) is 1.02. The molecular weight excluding hydrogens is 258 g/mol. The molecular formula is C14H13N3O3. The number of anilines is 1. The van der Waals surface area contributed by atoms with Crippen LogP contribution in [0.3, 0.4) is 0 Å². The molecule has 0 aliphatic carbocycles. The van der Waals surface area contributed by atoms with E-state index >= 15 is 0 Å². The molecule has 6 nitrogen and oxygen atoms in total. The maximum absolute atomic E-state index is 5.57. The first-order valence-electron chi connectivity index (χ1n) is 6.12. The third-order valence-electron chi connectivity index (χ3n) is 2.71. The van der Waals surface area contributed by atoms with Gasteiger partial charge in [-0.25, -0.2) is 0 Å². The van der Waals surface area contributed by atoms with Crippen LogP contribution in [0.4, 0.5) is 5.69 Å². The van der Waals surface area contributed by atoms with Gasteiger partial charge in [0.25, 0.3) is 5.89 Å². The molecule has 0 saturated heterocycles. The van der Waals surface area contributed by atoms with Crippen molar-refractivity contribution in [2.75, 3.05) is 12.4 Å². The second kappa shape index (κ2) is 5.48. The summed E-state index contributed by atoms with van der Waals surface area (Å²) >= 11 is 0. The molecule has 0 aliphatic rings. The van der Waals surface area contributed by atoms with Crippen LogP contribution >= 0.6 is 0 Å². The van der Waals surface area contributed by atoms with E-state index in [0.717, 1.165) is 11.4 Å². The Morgan fingerprint density at radius 1 is 1.20 bits per heavy atom. The lowest BCUT2D eigenvalue weighted by Crippen LogP contribution is -1.96. The molecule has 1 N–H and O–H groups in total. The van der Waals surface area contributed by atoms with E-state index in [2.05, 4.69) is 15.5 Å². The summed E-state index contributed by atoms with van der Waals surface area (Å²) in [4.78, 5) is 4.19. The Hall–Kier alpha value is -2.76. The molecule has 3 aromatic rings. The van der Waals surface area contributed by atoms with Gasteiger partial charge in [0, 0.05) is 12.7 Å². The average Bonchev–Trinajstić information content (AvgIpc) is 3.16. The molecule has 0 bridgehead atoms. The van der Waals surface area contributed by atoms with Gasteiger partial charge in [-0.15, -0.1) is 0 Å². The summed E-state index contributed by atoms with van der Waals surface area (Å²) in [5.74, 6) is 2.12. The fourth-order valence-electron chi connectivity index (χ4n) is 1.68. The highest BCUT2D eigenvalue weighted by Gasteiger charge is 2.11. The van der Waals surface area contributed by atoms with E-state index in [1.165, 1.54) is 0 Å². The largest absolute Gasteiger partial charge is 0.484 e. The van der Waals surface area contributed by atoms with Crippen molar-refractivity contribution in [1.82, 2.24) is 10.1 Å². The predicted octanol–water partition coefficient (Wildman–Crippen LogP) is 2.95. The van der Waals surface area contributed by atoms with Gasteiger partial charge in [-0.3, -0.25) is 0 Å². The molecule has 0 fully saturated rings. The molecule has 0 spiro atoms. The topological polar surface area (TPSA) is 73.3 Å². The molecule has 0 unspecified atom stereocenters. The zero-order valence-corrected chi connectivity index (χ0v) is 10.9. The predicted molar refractivity (Wildman–Crippen MR) is 72.3 cm³/mol. The number of benzene rings is 1. The second-order valence-corrected chi connectivity index (χ2v) is 4.05. The zero-order valence-electron chi connectivity index (χ0n) is 10.9. The van der Waals surface area contributed by atoms with Crippen molar-refractivity contribution >= 4 is 5.69 Å². The highest BCUT2D eigenvalue weighted by Crippen LogP contribution is 2.18. The fraction of sp³-hybridized carbons (Fsp3) is 0.143. The Morgan fingerprint density at radius 2 is 2.05 bits per heavy atom. The maximum Gasteiger partial charge on any atom is 0.264 e. The lowest BCUT2D eigenvalue weighted by atomic mass is 10.3. The molecule has 0 amide bonds. The molecule has 2 heterocycles. The Kier molecular flexibility index (Phi) is 3.36. The quantitative estimate of drug-likeness (QED) is 0.769. The van der Waals surface area contributed by atoms with Crippen LogP contribution in [0.5, 0.6) is 5.75 Å².